The minimum atomic E-state index is 0.294. The summed E-state index contributed by atoms with van der Waals surface area (Å²) in [4.78, 5) is 19.7. The third kappa shape index (κ3) is 2.27. The Morgan fingerprint density at radius 2 is 1.86 bits per heavy atom. The largest absolute Gasteiger partial charge is 0.383 e. The maximum Gasteiger partial charge on any atom is 0.163 e. The molecule has 0 atom stereocenters. The maximum atomic E-state index is 10.7. The molecule has 3 rings (SSSR count). The van der Waals surface area contributed by atoms with Gasteiger partial charge in [0.15, 0.2) is 5.82 Å². The van der Waals surface area contributed by atoms with Crippen LogP contribution in [0.2, 0.25) is 0 Å². The van der Waals surface area contributed by atoms with Crippen molar-refractivity contribution in [2.75, 3.05) is 5.73 Å². The van der Waals surface area contributed by atoms with E-state index in [9.17, 15) is 4.79 Å². The quantitative estimate of drug-likeness (QED) is 0.748. The van der Waals surface area contributed by atoms with E-state index in [0.717, 1.165) is 22.9 Å². The van der Waals surface area contributed by atoms with Crippen LogP contribution in [0.4, 0.5) is 5.82 Å². The lowest BCUT2D eigenvalue weighted by atomic mass is 10.1. The van der Waals surface area contributed by atoms with E-state index in [1.54, 1.807) is 12.1 Å². The van der Waals surface area contributed by atoms with E-state index < -0.39 is 0 Å². The topological polar surface area (TPSA) is 73.8 Å². The molecule has 5 nitrogen and oxygen atoms in total. The molecule has 106 valence electrons. The molecule has 3 aromatic rings. The van der Waals surface area contributed by atoms with Crippen molar-refractivity contribution in [3.63, 3.8) is 0 Å². The van der Waals surface area contributed by atoms with Crippen LogP contribution < -0.4 is 5.73 Å². The second kappa shape index (κ2) is 5.01. The minimum absolute atomic E-state index is 0.294. The molecule has 0 saturated carbocycles. The first-order valence-electron chi connectivity index (χ1n) is 6.80. The minimum Gasteiger partial charge on any atom is -0.383 e. The van der Waals surface area contributed by atoms with Crippen LogP contribution in [0.3, 0.4) is 0 Å². The summed E-state index contributed by atoms with van der Waals surface area (Å²) < 4.78 is 2.07. The molecule has 0 saturated heterocycles. The molecule has 0 unspecified atom stereocenters. The molecule has 5 heteroatoms. The van der Waals surface area contributed by atoms with E-state index in [2.05, 4.69) is 28.4 Å². The lowest BCUT2D eigenvalue weighted by Gasteiger charge is -2.10. The molecule has 2 heterocycles. The summed E-state index contributed by atoms with van der Waals surface area (Å²) in [6, 6.07) is 9.37. The number of nitrogen functional groups attached to an aromatic ring is 1. The number of carbonyl (C=O) groups is 1. The number of aromatic nitrogens is 3. The second-order valence-corrected chi connectivity index (χ2v) is 5.23. The van der Waals surface area contributed by atoms with Gasteiger partial charge in [0.2, 0.25) is 0 Å². The highest BCUT2D eigenvalue weighted by molar-refractivity contribution is 5.88. The number of rotatable bonds is 3. The summed E-state index contributed by atoms with van der Waals surface area (Å²) in [6.45, 7) is 4.19. The van der Waals surface area contributed by atoms with Crippen LogP contribution in [0.15, 0.2) is 36.5 Å². The van der Waals surface area contributed by atoms with E-state index in [-0.39, 0.29) is 0 Å². The third-order valence-electron chi connectivity index (χ3n) is 3.46. The first-order chi connectivity index (χ1) is 10.1. The van der Waals surface area contributed by atoms with Crippen molar-refractivity contribution in [3.05, 3.63) is 42.1 Å². The van der Waals surface area contributed by atoms with Crippen molar-refractivity contribution < 1.29 is 4.79 Å². The molecule has 2 aromatic heterocycles. The van der Waals surface area contributed by atoms with Gasteiger partial charge in [-0.1, -0.05) is 24.3 Å². The van der Waals surface area contributed by atoms with Crippen molar-refractivity contribution in [1.29, 1.82) is 0 Å². The van der Waals surface area contributed by atoms with Crippen LogP contribution in [0.5, 0.6) is 0 Å². The predicted molar refractivity (Wildman–Crippen MR) is 83.1 cm³/mol. The van der Waals surface area contributed by atoms with E-state index in [0.29, 0.717) is 23.2 Å². The van der Waals surface area contributed by atoms with Gasteiger partial charge in [-0.05, 0) is 19.9 Å². The fourth-order valence-corrected chi connectivity index (χ4v) is 2.31. The Labute approximate surface area is 122 Å². The van der Waals surface area contributed by atoms with Gasteiger partial charge < -0.3 is 10.3 Å². The Morgan fingerprint density at radius 1 is 1.14 bits per heavy atom. The maximum absolute atomic E-state index is 10.7. The van der Waals surface area contributed by atoms with E-state index in [4.69, 9.17) is 5.73 Å². The van der Waals surface area contributed by atoms with Gasteiger partial charge in [0.1, 0.15) is 17.8 Å². The Kier molecular flexibility index (Phi) is 3.17. The van der Waals surface area contributed by atoms with Gasteiger partial charge in [-0.3, -0.25) is 4.79 Å². The molecule has 0 radical (unpaired) electrons. The van der Waals surface area contributed by atoms with Crippen LogP contribution in [-0.4, -0.2) is 20.8 Å². The van der Waals surface area contributed by atoms with Gasteiger partial charge in [0.25, 0.3) is 0 Å². The van der Waals surface area contributed by atoms with Crippen LogP contribution in [-0.2, 0) is 0 Å². The average molecular weight is 280 g/mol. The third-order valence-corrected chi connectivity index (χ3v) is 3.46. The normalized spacial score (nSPS) is 11.2. The van der Waals surface area contributed by atoms with Crippen LogP contribution in [0.25, 0.3) is 22.4 Å². The highest BCUT2D eigenvalue weighted by Gasteiger charge is 2.12. The lowest BCUT2D eigenvalue weighted by Crippen LogP contribution is -2.03. The number of anilines is 1. The molecule has 0 fully saturated rings. The number of carbonyl (C=O) groups excluding carboxylic acids is 1. The molecule has 0 amide bonds. The number of hydrogen-bond acceptors (Lipinski definition) is 4. The molecule has 2 N–H and O–H groups in total. The van der Waals surface area contributed by atoms with E-state index >= 15 is 0 Å². The first kappa shape index (κ1) is 13.3. The molecular weight excluding hydrogens is 264 g/mol. The van der Waals surface area contributed by atoms with Gasteiger partial charge in [0, 0.05) is 23.4 Å². The Bertz CT molecular complexity index is 803. The monoisotopic (exact) mass is 280 g/mol. The van der Waals surface area contributed by atoms with Crippen LogP contribution >= 0.6 is 0 Å². The lowest BCUT2D eigenvalue weighted by molar-refractivity contribution is 0.112. The number of hydrogen-bond donors (Lipinski definition) is 1. The SMILES string of the molecule is CC(C)n1ccc2c(N)nc(-c3ccc(C=O)cc3)nc21. The number of benzene rings is 1. The summed E-state index contributed by atoms with van der Waals surface area (Å²) in [5, 5.41) is 0.858. The number of nitrogens with zero attached hydrogens (tertiary/aromatic N) is 3. The van der Waals surface area contributed by atoms with Crippen molar-refractivity contribution in [3.8, 4) is 11.4 Å². The zero-order valence-electron chi connectivity index (χ0n) is 11.9. The average Bonchev–Trinajstić information content (AvgIpc) is 2.92. The first-order valence-corrected chi connectivity index (χ1v) is 6.80. The number of fused-ring (bicyclic) bond motifs is 1. The zero-order valence-corrected chi connectivity index (χ0v) is 11.9. The molecule has 0 aliphatic rings. The van der Waals surface area contributed by atoms with Crippen molar-refractivity contribution in [2.24, 2.45) is 0 Å². The van der Waals surface area contributed by atoms with Crippen LogP contribution in [0, 0.1) is 0 Å². The van der Waals surface area contributed by atoms with E-state index in [1.807, 2.05) is 24.4 Å². The second-order valence-electron chi connectivity index (χ2n) is 5.23. The smallest absolute Gasteiger partial charge is 0.163 e. The van der Waals surface area contributed by atoms with Gasteiger partial charge in [-0.2, -0.15) is 0 Å². The van der Waals surface area contributed by atoms with Gasteiger partial charge in [-0.25, -0.2) is 9.97 Å². The molecule has 0 aliphatic heterocycles. The predicted octanol–water partition coefficient (Wildman–Crippen LogP) is 3.07. The number of nitrogens with two attached hydrogens (primary N) is 1. The highest BCUT2D eigenvalue weighted by atomic mass is 16.1. The molecule has 0 spiro atoms. The highest BCUT2D eigenvalue weighted by Crippen LogP contribution is 2.26. The van der Waals surface area contributed by atoms with Gasteiger partial charge in [0.05, 0.1) is 5.39 Å². The Morgan fingerprint density at radius 3 is 2.48 bits per heavy atom. The van der Waals surface area contributed by atoms with Crippen LogP contribution in [0.1, 0.15) is 30.2 Å². The number of aldehydes is 1. The fourth-order valence-electron chi connectivity index (χ4n) is 2.31. The Hall–Kier alpha value is -2.69. The summed E-state index contributed by atoms with van der Waals surface area (Å²) >= 11 is 0. The Balaban J connectivity index is 2.18. The zero-order chi connectivity index (χ0) is 15.0. The summed E-state index contributed by atoms with van der Waals surface area (Å²) in [7, 11) is 0. The molecule has 0 aliphatic carbocycles. The summed E-state index contributed by atoms with van der Waals surface area (Å²) in [6.07, 6.45) is 2.78. The molecule has 1 aromatic carbocycles. The van der Waals surface area contributed by atoms with Crippen molar-refractivity contribution in [1.82, 2.24) is 14.5 Å². The van der Waals surface area contributed by atoms with Crippen molar-refractivity contribution >= 4 is 23.1 Å². The molecule has 21 heavy (non-hydrogen) atoms. The fraction of sp³-hybridized carbons (Fsp3) is 0.188. The van der Waals surface area contributed by atoms with Gasteiger partial charge >= 0.3 is 0 Å². The van der Waals surface area contributed by atoms with Crippen molar-refractivity contribution in [2.45, 2.75) is 19.9 Å². The molecule has 0 bridgehead atoms. The summed E-state index contributed by atoms with van der Waals surface area (Å²) in [5.41, 5.74) is 8.33. The molecular formula is C16H16N4O. The van der Waals surface area contributed by atoms with Gasteiger partial charge in [-0.15, -0.1) is 0 Å². The summed E-state index contributed by atoms with van der Waals surface area (Å²) in [5.74, 6) is 1.03. The standard InChI is InChI=1S/C16H16N4O/c1-10(2)20-8-7-13-14(17)18-15(19-16(13)20)12-5-3-11(9-21)4-6-12/h3-10H,1-2H3,(H2,17,18,19). The van der Waals surface area contributed by atoms with E-state index in [1.165, 1.54) is 0 Å².